The zero-order valence-corrected chi connectivity index (χ0v) is 13.3. The third-order valence-electron chi connectivity index (χ3n) is 4.36. The first kappa shape index (κ1) is 17.4. The number of piperidine rings is 1. The lowest BCUT2D eigenvalue weighted by Gasteiger charge is -2.34. The van der Waals surface area contributed by atoms with Gasteiger partial charge in [0.15, 0.2) is 0 Å². The summed E-state index contributed by atoms with van der Waals surface area (Å²) in [5.41, 5.74) is 0.929. The molecule has 0 saturated carbocycles. The number of nitrogens with zero attached hydrogens (tertiary/aromatic N) is 2. The van der Waals surface area contributed by atoms with Crippen molar-refractivity contribution < 1.29 is 14.8 Å². The number of carbonyl (C=O) groups excluding carboxylic acids is 1. The van der Waals surface area contributed by atoms with Gasteiger partial charge in [0.25, 0.3) is 5.69 Å². The molecular weight excluding hydrogens is 298 g/mol. The van der Waals surface area contributed by atoms with Crippen molar-refractivity contribution in [1.82, 2.24) is 4.90 Å². The quantitative estimate of drug-likeness (QED) is 0.618. The molecule has 1 aliphatic rings. The van der Waals surface area contributed by atoms with Crippen molar-refractivity contribution in [3.8, 4) is 0 Å². The fourth-order valence-corrected chi connectivity index (χ4v) is 2.98. The summed E-state index contributed by atoms with van der Waals surface area (Å²) in [6.07, 6.45) is 3.46. The van der Waals surface area contributed by atoms with Gasteiger partial charge in [0.1, 0.15) is 0 Å². The Kier molecular flexibility index (Phi) is 6.06. The van der Waals surface area contributed by atoms with Crippen molar-refractivity contribution in [2.75, 3.05) is 25.0 Å². The van der Waals surface area contributed by atoms with E-state index >= 15 is 0 Å². The summed E-state index contributed by atoms with van der Waals surface area (Å²) in [4.78, 5) is 24.7. The Labute approximate surface area is 135 Å². The van der Waals surface area contributed by atoms with Gasteiger partial charge in [0.05, 0.1) is 22.8 Å². The number of aliphatic hydroxyl groups excluding tert-OH is 1. The molecule has 7 heteroatoms. The molecule has 1 heterocycles. The van der Waals surface area contributed by atoms with Crippen LogP contribution in [0.4, 0.5) is 11.4 Å². The molecule has 0 spiro atoms. The minimum absolute atomic E-state index is 0.000764. The van der Waals surface area contributed by atoms with E-state index in [2.05, 4.69) is 10.2 Å². The summed E-state index contributed by atoms with van der Waals surface area (Å²) in [6.45, 7) is 3.23. The van der Waals surface area contributed by atoms with Gasteiger partial charge in [-0.05, 0) is 32.4 Å². The zero-order chi connectivity index (χ0) is 16.8. The van der Waals surface area contributed by atoms with Crippen LogP contribution in [0.3, 0.4) is 0 Å². The largest absolute Gasteiger partial charge is 0.395 e. The summed E-state index contributed by atoms with van der Waals surface area (Å²) in [5.74, 6) is -0.170. The molecule has 1 amide bonds. The first-order valence-electron chi connectivity index (χ1n) is 7.91. The van der Waals surface area contributed by atoms with E-state index in [1.165, 1.54) is 6.07 Å². The lowest BCUT2D eigenvalue weighted by atomic mass is 10.0. The van der Waals surface area contributed by atoms with Gasteiger partial charge in [-0.1, -0.05) is 12.5 Å². The van der Waals surface area contributed by atoms with Crippen molar-refractivity contribution in [3.05, 3.63) is 33.9 Å². The average molecular weight is 321 g/mol. The van der Waals surface area contributed by atoms with Gasteiger partial charge in [0.2, 0.25) is 5.91 Å². The van der Waals surface area contributed by atoms with Crippen LogP contribution in [-0.2, 0) is 4.79 Å². The highest BCUT2D eigenvalue weighted by atomic mass is 16.6. The van der Waals surface area contributed by atoms with Gasteiger partial charge in [-0.25, -0.2) is 0 Å². The summed E-state index contributed by atoms with van der Waals surface area (Å²) in [6, 6.07) is 4.78. The number of amides is 1. The second-order valence-corrected chi connectivity index (χ2v) is 5.87. The molecule has 0 radical (unpaired) electrons. The van der Waals surface area contributed by atoms with Crippen LogP contribution in [0.1, 0.15) is 31.2 Å². The normalized spacial score (nSPS) is 18.6. The van der Waals surface area contributed by atoms with E-state index in [0.29, 0.717) is 24.2 Å². The second kappa shape index (κ2) is 8.03. The Balaban J connectivity index is 1.92. The summed E-state index contributed by atoms with van der Waals surface area (Å²) >= 11 is 0. The minimum atomic E-state index is -0.454. The average Bonchev–Trinajstić information content (AvgIpc) is 2.54. The molecule has 2 N–H and O–H groups in total. The number of hydrogen-bond acceptors (Lipinski definition) is 5. The molecular formula is C16H23N3O4. The smallest absolute Gasteiger partial charge is 0.274 e. The van der Waals surface area contributed by atoms with Crippen LogP contribution in [0.25, 0.3) is 0 Å². The van der Waals surface area contributed by atoms with E-state index in [9.17, 15) is 20.0 Å². The van der Waals surface area contributed by atoms with E-state index in [0.717, 1.165) is 25.8 Å². The van der Waals surface area contributed by atoms with Crippen LogP contribution in [-0.4, -0.2) is 46.6 Å². The number of nitro benzene ring substituents is 1. The Morgan fingerprint density at radius 3 is 2.96 bits per heavy atom. The van der Waals surface area contributed by atoms with Crippen LogP contribution in [0.2, 0.25) is 0 Å². The number of likely N-dealkylation sites (tertiary alicyclic amines) is 1. The fraction of sp³-hybridized carbons (Fsp3) is 0.562. The third-order valence-corrected chi connectivity index (χ3v) is 4.36. The zero-order valence-electron chi connectivity index (χ0n) is 13.3. The predicted molar refractivity (Wildman–Crippen MR) is 87.4 cm³/mol. The van der Waals surface area contributed by atoms with Gasteiger partial charge in [0, 0.05) is 25.1 Å². The molecule has 1 aromatic rings. The van der Waals surface area contributed by atoms with Crippen LogP contribution < -0.4 is 5.32 Å². The Morgan fingerprint density at radius 2 is 2.26 bits per heavy atom. The van der Waals surface area contributed by atoms with Gasteiger partial charge < -0.3 is 10.4 Å². The standard InChI is InChI=1S/C16H23N3O4/c1-12-14(6-4-7-15(12)19(22)23)17-16(21)8-10-18-9-3-2-5-13(18)11-20/h4,6-7,13,20H,2-3,5,8-11H2,1H3,(H,17,21). The first-order valence-corrected chi connectivity index (χ1v) is 7.91. The summed E-state index contributed by atoms with van der Waals surface area (Å²) in [7, 11) is 0. The molecule has 1 atom stereocenters. The molecule has 126 valence electrons. The third kappa shape index (κ3) is 4.49. The molecule has 23 heavy (non-hydrogen) atoms. The highest BCUT2D eigenvalue weighted by Gasteiger charge is 2.22. The maximum Gasteiger partial charge on any atom is 0.274 e. The highest BCUT2D eigenvalue weighted by molar-refractivity contribution is 5.92. The van der Waals surface area contributed by atoms with Crippen molar-refractivity contribution in [2.24, 2.45) is 0 Å². The number of carbonyl (C=O) groups is 1. The first-order chi connectivity index (χ1) is 11.0. The minimum Gasteiger partial charge on any atom is -0.395 e. The number of nitrogens with one attached hydrogen (secondary N) is 1. The second-order valence-electron chi connectivity index (χ2n) is 5.87. The molecule has 0 bridgehead atoms. The summed E-state index contributed by atoms with van der Waals surface area (Å²) < 4.78 is 0. The van der Waals surface area contributed by atoms with Gasteiger partial charge in [-0.2, -0.15) is 0 Å². The van der Waals surface area contributed by atoms with E-state index in [1.807, 2.05) is 0 Å². The van der Waals surface area contributed by atoms with E-state index in [1.54, 1.807) is 19.1 Å². The molecule has 1 aliphatic heterocycles. The number of nitro groups is 1. The molecule has 1 unspecified atom stereocenters. The maximum atomic E-state index is 12.1. The summed E-state index contributed by atoms with van der Waals surface area (Å²) in [5, 5.41) is 23.0. The van der Waals surface area contributed by atoms with Gasteiger partial charge in [-0.15, -0.1) is 0 Å². The van der Waals surface area contributed by atoms with Crippen molar-refractivity contribution in [3.63, 3.8) is 0 Å². The van der Waals surface area contributed by atoms with E-state index in [-0.39, 0.29) is 24.2 Å². The molecule has 1 fully saturated rings. The number of anilines is 1. The SMILES string of the molecule is Cc1c(NC(=O)CCN2CCCCC2CO)cccc1[N+](=O)[O-]. The number of benzene rings is 1. The molecule has 1 aromatic carbocycles. The lowest BCUT2D eigenvalue weighted by molar-refractivity contribution is -0.385. The molecule has 0 aromatic heterocycles. The molecule has 1 saturated heterocycles. The molecule has 2 rings (SSSR count). The highest BCUT2D eigenvalue weighted by Crippen LogP contribution is 2.25. The van der Waals surface area contributed by atoms with Crippen molar-refractivity contribution in [1.29, 1.82) is 0 Å². The van der Waals surface area contributed by atoms with Crippen molar-refractivity contribution in [2.45, 2.75) is 38.6 Å². The number of hydrogen-bond donors (Lipinski definition) is 2. The predicted octanol–water partition coefficient (Wildman–Crippen LogP) is 2.08. The van der Waals surface area contributed by atoms with E-state index < -0.39 is 4.92 Å². The van der Waals surface area contributed by atoms with Gasteiger partial charge in [-0.3, -0.25) is 19.8 Å². The Morgan fingerprint density at radius 1 is 1.48 bits per heavy atom. The number of aliphatic hydroxyl groups is 1. The fourth-order valence-electron chi connectivity index (χ4n) is 2.98. The molecule has 0 aliphatic carbocycles. The van der Waals surface area contributed by atoms with Crippen LogP contribution >= 0.6 is 0 Å². The van der Waals surface area contributed by atoms with Gasteiger partial charge >= 0.3 is 0 Å². The molecule has 7 nitrogen and oxygen atoms in total. The lowest BCUT2D eigenvalue weighted by Crippen LogP contribution is -2.43. The van der Waals surface area contributed by atoms with Crippen LogP contribution in [0.5, 0.6) is 0 Å². The number of rotatable bonds is 6. The Hall–Kier alpha value is -1.99. The monoisotopic (exact) mass is 321 g/mol. The Bertz CT molecular complexity index is 576. The van der Waals surface area contributed by atoms with E-state index in [4.69, 9.17) is 0 Å². The topological polar surface area (TPSA) is 95.7 Å². The van der Waals surface area contributed by atoms with Crippen molar-refractivity contribution >= 4 is 17.3 Å². The van der Waals surface area contributed by atoms with Crippen LogP contribution in [0.15, 0.2) is 18.2 Å². The van der Waals surface area contributed by atoms with Crippen LogP contribution in [0, 0.1) is 17.0 Å². The maximum absolute atomic E-state index is 12.1.